The van der Waals surface area contributed by atoms with Crippen molar-refractivity contribution >= 4 is 5.97 Å². The van der Waals surface area contributed by atoms with Gasteiger partial charge in [-0.2, -0.15) is 0 Å². The topological polar surface area (TPSA) is 44.8 Å². The van der Waals surface area contributed by atoms with E-state index in [9.17, 15) is 4.79 Å². The summed E-state index contributed by atoms with van der Waals surface area (Å²) in [4.78, 5) is 11.4. The van der Waals surface area contributed by atoms with Gasteiger partial charge in [-0.25, -0.2) is 0 Å². The van der Waals surface area contributed by atoms with Crippen molar-refractivity contribution in [3.8, 4) is 0 Å². The Hall–Kier alpha value is -0.610. The van der Waals surface area contributed by atoms with Crippen molar-refractivity contribution in [3.63, 3.8) is 0 Å². The van der Waals surface area contributed by atoms with E-state index < -0.39 is 0 Å². The summed E-state index contributed by atoms with van der Waals surface area (Å²) in [5.41, 5.74) is 0. The van der Waals surface area contributed by atoms with Crippen LogP contribution in [0.5, 0.6) is 0 Å². The third-order valence-corrected chi connectivity index (χ3v) is 3.41. The van der Waals surface area contributed by atoms with Gasteiger partial charge in [-0.1, -0.05) is 58.3 Å². The fraction of sp³-hybridized carbons (Fsp3) is 0.941. The second kappa shape index (κ2) is 17.4. The Morgan fingerprint density at radius 1 is 0.762 bits per heavy atom. The molecule has 0 aliphatic carbocycles. The molecular formula is C17H34O4. The third-order valence-electron chi connectivity index (χ3n) is 3.41. The molecule has 0 fully saturated rings. The average molecular weight is 302 g/mol. The van der Waals surface area contributed by atoms with Crippen molar-refractivity contribution in [1.82, 2.24) is 0 Å². The molecular weight excluding hydrogens is 268 g/mol. The summed E-state index contributed by atoms with van der Waals surface area (Å²) in [5, 5.41) is 0. The van der Waals surface area contributed by atoms with Gasteiger partial charge in [0.25, 0.3) is 0 Å². The number of esters is 1. The van der Waals surface area contributed by atoms with Gasteiger partial charge in [0.2, 0.25) is 0 Å². The zero-order valence-electron chi connectivity index (χ0n) is 14.0. The van der Waals surface area contributed by atoms with Gasteiger partial charge in [0, 0.05) is 13.5 Å². The Labute approximate surface area is 130 Å². The molecule has 0 spiro atoms. The molecule has 0 saturated carbocycles. The molecule has 4 heteroatoms. The van der Waals surface area contributed by atoms with Crippen molar-refractivity contribution in [2.45, 2.75) is 71.1 Å². The molecule has 21 heavy (non-hydrogen) atoms. The number of methoxy groups -OCH3 is 1. The van der Waals surface area contributed by atoms with E-state index in [1.54, 1.807) is 7.11 Å². The molecule has 0 unspecified atom stereocenters. The van der Waals surface area contributed by atoms with Gasteiger partial charge in [-0.05, 0) is 6.42 Å². The van der Waals surface area contributed by atoms with E-state index in [0.29, 0.717) is 32.8 Å². The Balaban J connectivity index is 3.12. The number of rotatable bonds is 16. The number of ether oxygens (including phenoxy) is 3. The lowest BCUT2D eigenvalue weighted by Gasteiger charge is -2.06. The predicted molar refractivity (Wildman–Crippen MR) is 85.5 cm³/mol. The minimum atomic E-state index is -0.103. The quantitative estimate of drug-likeness (QED) is 0.318. The van der Waals surface area contributed by atoms with Crippen LogP contribution in [0.2, 0.25) is 0 Å². The van der Waals surface area contributed by atoms with Gasteiger partial charge in [0.15, 0.2) is 0 Å². The smallest absolute Gasteiger partial charge is 0.305 e. The zero-order valence-corrected chi connectivity index (χ0v) is 14.0. The largest absolute Gasteiger partial charge is 0.463 e. The molecule has 0 saturated heterocycles. The van der Waals surface area contributed by atoms with Gasteiger partial charge in [0.05, 0.1) is 19.8 Å². The highest BCUT2D eigenvalue weighted by Gasteiger charge is 2.02. The van der Waals surface area contributed by atoms with Crippen LogP contribution in [-0.4, -0.2) is 39.5 Å². The highest BCUT2D eigenvalue weighted by Crippen LogP contribution is 2.10. The first-order valence-electron chi connectivity index (χ1n) is 8.53. The monoisotopic (exact) mass is 302 g/mol. The SMILES string of the molecule is CCCCCCCCCCCC(=O)OCCOCCOC. The molecule has 0 aromatic carbocycles. The van der Waals surface area contributed by atoms with E-state index in [1.165, 1.54) is 44.9 Å². The third kappa shape index (κ3) is 17.3. The van der Waals surface area contributed by atoms with Crippen molar-refractivity contribution in [1.29, 1.82) is 0 Å². The number of hydrogen-bond donors (Lipinski definition) is 0. The Bertz CT molecular complexity index is 219. The minimum absolute atomic E-state index is 0.103. The molecule has 0 heterocycles. The van der Waals surface area contributed by atoms with Crippen LogP contribution in [0.4, 0.5) is 0 Å². The van der Waals surface area contributed by atoms with Crippen LogP contribution in [0.15, 0.2) is 0 Å². The van der Waals surface area contributed by atoms with Crippen molar-refractivity contribution < 1.29 is 19.0 Å². The lowest BCUT2D eigenvalue weighted by molar-refractivity contribution is -0.145. The maximum Gasteiger partial charge on any atom is 0.305 e. The Kier molecular flexibility index (Phi) is 16.9. The van der Waals surface area contributed by atoms with Crippen molar-refractivity contribution in [3.05, 3.63) is 0 Å². The van der Waals surface area contributed by atoms with Gasteiger partial charge in [0.1, 0.15) is 6.61 Å². The summed E-state index contributed by atoms with van der Waals surface area (Å²) >= 11 is 0. The number of carbonyl (C=O) groups is 1. The summed E-state index contributed by atoms with van der Waals surface area (Å²) < 4.78 is 15.2. The zero-order chi connectivity index (χ0) is 15.6. The second-order valence-electron chi connectivity index (χ2n) is 5.40. The second-order valence-corrected chi connectivity index (χ2v) is 5.40. The van der Waals surface area contributed by atoms with Crippen LogP contribution < -0.4 is 0 Å². The molecule has 0 N–H and O–H groups in total. The number of unbranched alkanes of at least 4 members (excludes halogenated alkanes) is 8. The van der Waals surface area contributed by atoms with Crippen LogP contribution in [0, 0.1) is 0 Å². The van der Waals surface area contributed by atoms with Crippen molar-refractivity contribution in [2.24, 2.45) is 0 Å². The van der Waals surface area contributed by atoms with Gasteiger partial charge < -0.3 is 14.2 Å². The van der Waals surface area contributed by atoms with E-state index in [2.05, 4.69) is 6.92 Å². The normalized spacial score (nSPS) is 10.8. The fourth-order valence-corrected chi connectivity index (χ4v) is 2.11. The fourth-order valence-electron chi connectivity index (χ4n) is 2.11. The van der Waals surface area contributed by atoms with Crippen LogP contribution in [0.3, 0.4) is 0 Å². The summed E-state index contributed by atoms with van der Waals surface area (Å²) in [5.74, 6) is -0.103. The lowest BCUT2D eigenvalue weighted by atomic mass is 10.1. The molecule has 0 aliphatic rings. The first-order valence-corrected chi connectivity index (χ1v) is 8.53. The summed E-state index contributed by atoms with van der Waals surface area (Å²) in [7, 11) is 1.63. The van der Waals surface area contributed by atoms with E-state index in [0.717, 1.165) is 12.8 Å². The summed E-state index contributed by atoms with van der Waals surface area (Å²) in [6.45, 7) is 4.16. The first-order chi connectivity index (χ1) is 10.3. The Morgan fingerprint density at radius 3 is 1.95 bits per heavy atom. The molecule has 4 nitrogen and oxygen atoms in total. The van der Waals surface area contributed by atoms with E-state index >= 15 is 0 Å². The molecule has 0 aromatic rings. The minimum Gasteiger partial charge on any atom is -0.463 e. The van der Waals surface area contributed by atoms with Crippen LogP contribution in [0.1, 0.15) is 71.1 Å². The van der Waals surface area contributed by atoms with Crippen LogP contribution >= 0.6 is 0 Å². The van der Waals surface area contributed by atoms with Gasteiger partial charge in [-0.15, -0.1) is 0 Å². The first kappa shape index (κ1) is 20.4. The van der Waals surface area contributed by atoms with E-state index in [-0.39, 0.29) is 5.97 Å². The van der Waals surface area contributed by atoms with Gasteiger partial charge >= 0.3 is 5.97 Å². The molecule has 0 aromatic heterocycles. The molecule has 0 aliphatic heterocycles. The van der Waals surface area contributed by atoms with Crippen LogP contribution in [-0.2, 0) is 19.0 Å². The van der Waals surface area contributed by atoms with Crippen molar-refractivity contribution in [2.75, 3.05) is 33.5 Å². The maximum absolute atomic E-state index is 11.4. The number of hydrogen-bond acceptors (Lipinski definition) is 4. The van der Waals surface area contributed by atoms with E-state index in [1.807, 2.05) is 0 Å². The predicted octanol–water partition coefficient (Wildman–Crippen LogP) is 4.11. The standard InChI is InChI=1S/C17H34O4/c1-3-4-5-6-7-8-9-10-11-12-17(18)21-16-15-20-14-13-19-2/h3-16H2,1-2H3. The molecule has 126 valence electrons. The highest BCUT2D eigenvalue weighted by molar-refractivity contribution is 5.69. The lowest BCUT2D eigenvalue weighted by Crippen LogP contribution is -2.12. The highest BCUT2D eigenvalue weighted by atomic mass is 16.6. The summed E-state index contributed by atoms with van der Waals surface area (Å²) in [6.07, 6.45) is 11.9. The maximum atomic E-state index is 11.4. The summed E-state index contributed by atoms with van der Waals surface area (Å²) in [6, 6.07) is 0. The Morgan fingerprint density at radius 2 is 1.33 bits per heavy atom. The number of carbonyl (C=O) groups excluding carboxylic acids is 1. The molecule has 0 radical (unpaired) electrons. The van der Waals surface area contributed by atoms with Crippen LogP contribution in [0.25, 0.3) is 0 Å². The van der Waals surface area contributed by atoms with Gasteiger partial charge in [-0.3, -0.25) is 4.79 Å². The van der Waals surface area contributed by atoms with E-state index in [4.69, 9.17) is 14.2 Å². The average Bonchev–Trinajstić information content (AvgIpc) is 2.49. The molecule has 0 bridgehead atoms. The molecule has 0 amide bonds. The molecule has 0 rings (SSSR count). The molecule has 0 atom stereocenters.